The molecule has 1 heterocycles. The van der Waals surface area contributed by atoms with Crippen LogP contribution in [-0.2, 0) is 6.54 Å². The number of hydrogen-bond acceptors (Lipinski definition) is 2. The van der Waals surface area contributed by atoms with Crippen molar-refractivity contribution >= 4 is 35.1 Å². The number of hydrogen-bond donors (Lipinski definition) is 1. The standard InChI is InChI=1S/C14H13Cl2N3O/c15-11-4-3-10(7-12(11)16)13(20)18-14-17-5-6-19(14)8-9-1-2-9/h3-7,9H,1-2,8H2,(H,17,18,20). The number of carbonyl (C=O) groups is 1. The molecule has 20 heavy (non-hydrogen) atoms. The summed E-state index contributed by atoms with van der Waals surface area (Å²) in [4.78, 5) is 16.3. The zero-order valence-corrected chi connectivity index (χ0v) is 12.2. The van der Waals surface area contributed by atoms with Gasteiger partial charge in [-0.1, -0.05) is 23.2 Å². The van der Waals surface area contributed by atoms with E-state index in [2.05, 4.69) is 10.3 Å². The van der Waals surface area contributed by atoms with Crippen molar-refractivity contribution in [2.45, 2.75) is 19.4 Å². The average Bonchev–Trinajstić information content (AvgIpc) is 3.13. The van der Waals surface area contributed by atoms with Crippen LogP contribution in [-0.4, -0.2) is 15.5 Å². The predicted molar refractivity (Wildman–Crippen MR) is 79.4 cm³/mol. The quantitative estimate of drug-likeness (QED) is 0.932. The molecule has 0 saturated heterocycles. The molecule has 0 spiro atoms. The van der Waals surface area contributed by atoms with Gasteiger partial charge >= 0.3 is 0 Å². The molecule has 2 aromatic rings. The van der Waals surface area contributed by atoms with Gasteiger partial charge in [-0.05, 0) is 37.0 Å². The molecule has 104 valence electrons. The lowest BCUT2D eigenvalue weighted by atomic mass is 10.2. The van der Waals surface area contributed by atoms with Crippen LogP contribution >= 0.6 is 23.2 Å². The molecule has 0 bridgehead atoms. The highest BCUT2D eigenvalue weighted by Gasteiger charge is 2.23. The molecule has 0 unspecified atom stereocenters. The average molecular weight is 310 g/mol. The Labute approximate surface area is 126 Å². The number of rotatable bonds is 4. The van der Waals surface area contributed by atoms with Crippen molar-refractivity contribution in [3.8, 4) is 0 Å². The van der Waals surface area contributed by atoms with Crippen molar-refractivity contribution in [2.24, 2.45) is 5.92 Å². The Morgan fingerprint density at radius 1 is 1.35 bits per heavy atom. The van der Waals surface area contributed by atoms with Gasteiger partial charge in [0.05, 0.1) is 10.0 Å². The normalized spacial score (nSPS) is 14.3. The van der Waals surface area contributed by atoms with Crippen molar-refractivity contribution < 1.29 is 4.79 Å². The molecule has 0 atom stereocenters. The molecule has 0 radical (unpaired) electrons. The van der Waals surface area contributed by atoms with Gasteiger partial charge < -0.3 is 4.57 Å². The lowest BCUT2D eigenvalue weighted by molar-refractivity contribution is 0.102. The van der Waals surface area contributed by atoms with Crippen LogP contribution in [0.1, 0.15) is 23.2 Å². The van der Waals surface area contributed by atoms with E-state index in [1.807, 2.05) is 10.8 Å². The lowest BCUT2D eigenvalue weighted by Crippen LogP contribution is -2.16. The van der Waals surface area contributed by atoms with E-state index in [-0.39, 0.29) is 5.91 Å². The molecule has 1 N–H and O–H groups in total. The maximum Gasteiger partial charge on any atom is 0.258 e. The van der Waals surface area contributed by atoms with Crippen LogP contribution in [0.25, 0.3) is 0 Å². The molecule has 6 heteroatoms. The summed E-state index contributed by atoms with van der Waals surface area (Å²) < 4.78 is 1.97. The molecule has 4 nitrogen and oxygen atoms in total. The number of carbonyl (C=O) groups excluding carboxylic acids is 1. The van der Waals surface area contributed by atoms with E-state index in [4.69, 9.17) is 23.2 Å². The van der Waals surface area contributed by atoms with Crippen molar-refractivity contribution in [3.63, 3.8) is 0 Å². The van der Waals surface area contributed by atoms with Gasteiger partial charge in [0, 0.05) is 24.5 Å². The molecule has 1 aromatic carbocycles. The van der Waals surface area contributed by atoms with E-state index in [0.29, 0.717) is 27.5 Å². The van der Waals surface area contributed by atoms with E-state index in [1.54, 1.807) is 24.4 Å². The summed E-state index contributed by atoms with van der Waals surface area (Å²) in [6.45, 7) is 0.900. The molecular weight excluding hydrogens is 297 g/mol. The van der Waals surface area contributed by atoms with Gasteiger partial charge in [0.25, 0.3) is 5.91 Å². The Morgan fingerprint density at radius 3 is 2.85 bits per heavy atom. The summed E-state index contributed by atoms with van der Waals surface area (Å²) in [7, 11) is 0. The van der Waals surface area contributed by atoms with Crippen LogP contribution in [0, 0.1) is 5.92 Å². The smallest absolute Gasteiger partial charge is 0.258 e. The molecule has 1 aliphatic carbocycles. The number of nitrogens with one attached hydrogen (secondary N) is 1. The van der Waals surface area contributed by atoms with Gasteiger partial charge in [-0.25, -0.2) is 4.98 Å². The van der Waals surface area contributed by atoms with Crippen LogP contribution in [0.2, 0.25) is 10.0 Å². The Balaban J connectivity index is 1.74. The number of nitrogens with zero attached hydrogens (tertiary/aromatic N) is 2. The van der Waals surface area contributed by atoms with Crippen molar-refractivity contribution in [1.29, 1.82) is 0 Å². The summed E-state index contributed by atoms with van der Waals surface area (Å²) in [6.07, 6.45) is 6.06. The maximum atomic E-state index is 12.2. The zero-order chi connectivity index (χ0) is 14.1. The molecule has 0 aliphatic heterocycles. The third-order valence-corrected chi connectivity index (χ3v) is 4.01. The summed E-state index contributed by atoms with van der Waals surface area (Å²) in [5, 5.41) is 3.59. The first kappa shape index (κ1) is 13.5. The third kappa shape index (κ3) is 2.97. The summed E-state index contributed by atoms with van der Waals surface area (Å²) in [5.74, 6) is 1.03. The summed E-state index contributed by atoms with van der Waals surface area (Å²) in [5.41, 5.74) is 0.459. The Kier molecular flexibility index (Phi) is 3.68. The van der Waals surface area contributed by atoms with Gasteiger partial charge in [0.1, 0.15) is 0 Å². The van der Waals surface area contributed by atoms with Gasteiger partial charge in [-0.2, -0.15) is 0 Å². The zero-order valence-electron chi connectivity index (χ0n) is 10.6. The second-order valence-electron chi connectivity index (χ2n) is 4.93. The van der Waals surface area contributed by atoms with Gasteiger partial charge in [-0.15, -0.1) is 0 Å². The molecule has 3 rings (SSSR count). The van der Waals surface area contributed by atoms with Crippen LogP contribution in [0.15, 0.2) is 30.6 Å². The van der Waals surface area contributed by atoms with Gasteiger partial charge in [0.2, 0.25) is 5.95 Å². The highest BCUT2D eigenvalue weighted by Crippen LogP contribution is 2.31. The number of aromatic nitrogens is 2. The molecule has 1 saturated carbocycles. The molecule has 1 fully saturated rings. The van der Waals surface area contributed by atoms with Gasteiger partial charge in [0.15, 0.2) is 0 Å². The Morgan fingerprint density at radius 2 is 2.15 bits per heavy atom. The fourth-order valence-electron chi connectivity index (χ4n) is 1.97. The number of halogens is 2. The minimum Gasteiger partial charge on any atom is -0.317 e. The largest absolute Gasteiger partial charge is 0.317 e. The van der Waals surface area contributed by atoms with Crippen molar-refractivity contribution in [1.82, 2.24) is 9.55 Å². The Hall–Kier alpha value is -1.52. The first-order valence-corrected chi connectivity index (χ1v) is 7.16. The third-order valence-electron chi connectivity index (χ3n) is 3.27. The molecule has 1 aromatic heterocycles. The minimum absolute atomic E-state index is 0.244. The number of anilines is 1. The summed E-state index contributed by atoms with van der Waals surface area (Å²) in [6, 6.07) is 4.79. The first-order chi connectivity index (χ1) is 9.63. The maximum absolute atomic E-state index is 12.2. The van der Waals surface area contributed by atoms with Crippen LogP contribution in [0.5, 0.6) is 0 Å². The van der Waals surface area contributed by atoms with E-state index in [1.165, 1.54) is 12.8 Å². The number of amides is 1. The fourth-order valence-corrected chi connectivity index (χ4v) is 2.27. The highest BCUT2D eigenvalue weighted by molar-refractivity contribution is 6.42. The lowest BCUT2D eigenvalue weighted by Gasteiger charge is -2.08. The SMILES string of the molecule is O=C(Nc1nccn1CC1CC1)c1ccc(Cl)c(Cl)c1. The van der Waals surface area contributed by atoms with Crippen molar-refractivity contribution in [3.05, 3.63) is 46.2 Å². The Bertz CT molecular complexity index is 650. The van der Waals surface area contributed by atoms with E-state index in [9.17, 15) is 4.79 Å². The second-order valence-corrected chi connectivity index (χ2v) is 5.74. The molecular formula is C14H13Cl2N3O. The fraction of sp³-hybridized carbons (Fsp3) is 0.286. The second kappa shape index (κ2) is 5.46. The monoisotopic (exact) mass is 309 g/mol. The van der Waals surface area contributed by atoms with Crippen LogP contribution in [0.3, 0.4) is 0 Å². The highest BCUT2D eigenvalue weighted by atomic mass is 35.5. The van der Waals surface area contributed by atoms with E-state index in [0.717, 1.165) is 6.54 Å². The topological polar surface area (TPSA) is 46.9 Å². The van der Waals surface area contributed by atoms with Crippen molar-refractivity contribution in [2.75, 3.05) is 5.32 Å². The first-order valence-electron chi connectivity index (χ1n) is 6.41. The predicted octanol–water partition coefficient (Wildman–Crippen LogP) is 3.85. The van der Waals surface area contributed by atoms with E-state index >= 15 is 0 Å². The number of imidazole rings is 1. The van der Waals surface area contributed by atoms with E-state index < -0.39 is 0 Å². The number of benzene rings is 1. The molecule has 1 amide bonds. The molecule has 1 aliphatic rings. The summed E-state index contributed by atoms with van der Waals surface area (Å²) >= 11 is 11.8. The van der Waals surface area contributed by atoms with Gasteiger partial charge in [-0.3, -0.25) is 10.1 Å². The van der Waals surface area contributed by atoms with Crippen LogP contribution < -0.4 is 5.32 Å². The van der Waals surface area contributed by atoms with Crippen LogP contribution in [0.4, 0.5) is 5.95 Å². The minimum atomic E-state index is -0.244.